The van der Waals surface area contributed by atoms with Crippen molar-refractivity contribution >= 4 is 23.2 Å². The van der Waals surface area contributed by atoms with E-state index in [0.29, 0.717) is 12.3 Å². The summed E-state index contributed by atoms with van der Waals surface area (Å²) in [7, 11) is 0. The molecule has 0 atom stereocenters. The topological polar surface area (TPSA) is 46.9 Å². The molecule has 0 fully saturated rings. The number of halogens is 1. The van der Waals surface area contributed by atoms with Crippen LogP contribution in [0.15, 0.2) is 42.7 Å². The number of benzene rings is 1. The quantitative estimate of drug-likeness (QED) is 0.651. The molecule has 0 saturated heterocycles. The standard InChI is InChI=1S/C14H16ClN3O/c15-9-4-3-8-14(19)17-12-6-1-2-7-13(12)18-11-5-10-16-18/h1-2,5-7,10-11H,3-4,8-9H2,(H,17,19). The molecule has 1 amide bonds. The van der Waals surface area contributed by atoms with Crippen LogP contribution in [0.25, 0.3) is 5.69 Å². The third-order valence-electron chi connectivity index (χ3n) is 2.72. The van der Waals surface area contributed by atoms with Crippen molar-refractivity contribution in [2.75, 3.05) is 11.2 Å². The summed E-state index contributed by atoms with van der Waals surface area (Å²) in [6, 6.07) is 9.44. The van der Waals surface area contributed by atoms with Gasteiger partial charge in [0.1, 0.15) is 0 Å². The molecule has 0 radical (unpaired) electrons. The highest BCUT2D eigenvalue weighted by Crippen LogP contribution is 2.19. The second-order valence-corrected chi connectivity index (χ2v) is 4.54. The fourth-order valence-electron chi connectivity index (χ4n) is 1.78. The van der Waals surface area contributed by atoms with Crippen LogP contribution in [0.5, 0.6) is 0 Å². The maximum absolute atomic E-state index is 11.8. The van der Waals surface area contributed by atoms with Gasteiger partial charge in [0.2, 0.25) is 5.91 Å². The highest BCUT2D eigenvalue weighted by molar-refractivity contribution is 6.17. The average Bonchev–Trinajstić information content (AvgIpc) is 2.93. The van der Waals surface area contributed by atoms with E-state index < -0.39 is 0 Å². The fraction of sp³-hybridized carbons (Fsp3) is 0.286. The summed E-state index contributed by atoms with van der Waals surface area (Å²) in [6.45, 7) is 0. The zero-order valence-corrected chi connectivity index (χ0v) is 11.3. The van der Waals surface area contributed by atoms with E-state index in [-0.39, 0.29) is 5.91 Å². The number of aromatic nitrogens is 2. The summed E-state index contributed by atoms with van der Waals surface area (Å²) >= 11 is 5.59. The van der Waals surface area contributed by atoms with Crippen molar-refractivity contribution in [3.05, 3.63) is 42.7 Å². The van der Waals surface area contributed by atoms with Crippen molar-refractivity contribution < 1.29 is 4.79 Å². The molecular weight excluding hydrogens is 262 g/mol. The number of amides is 1. The zero-order valence-electron chi connectivity index (χ0n) is 10.6. The van der Waals surface area contributed by atoms with Gasteiger partial charge in [-0.3, -0.25) is 4.79 Å². The molecule has 1 heterocycles. The van der Waals surface area contributed by atoms with E-state index in [1.54, 1.807) is 10.9 Å². The number of para-hydroxylation sites is 2. The van der Waals surface area contributed by atoms with E-state index in [0.717, 1.165) is 24.2 Å². The lowest BCUT2D eigenvalue weighted by Gasteiger charge is -2.10. The number of rotatable bonds is 6. The molecule has 4 nitrogen and oxygen atoms in total. The van der Waals surface area contributed by atoms with E-state index >= 15 is 0 Å². The van der Waals surface area contributed by atoms with Crippen LogP contribution in [0.3, 0.4) is 0 Å². The predicted octanol–water partition coefficient (Wildman–Crippen LogP) is 3.22. The number of carbonyl (C=O) groups is 1. The lowest BCUT2D eigenvalue weighted by atomic mass is 10.2. The van der Waals surface area contributed by atoms with Crippen LogP contribution >= 0.6 is 11.6 Å². The number of hydrogen-bond acceptors (Lipinski definition) is 2. The molecule has 0 aliphatic heterocycles. The molecule has 1 aromatic carbocycles. The van der Waals surface area contributed by atoms with E-state index in [9.17, 15) is 4.79 Å². The zero-order chi connectivity index (χ0) is 13.5. The van der Waals surface area contributed by atoms with Crippen molar-refractivity contribution in [3.8, 4) is 5.69 Å². The molecule has 1 aromatic heterocycles. The highest BCUT2D eigenvalue weighted by atomic mass is 35.5. The van der Waals surface area contributed by atoms with Gasteiger partial charge in [-0.2, -0.15) is 5.10 Å². The molecule has 2 rings (SSSR count). The Balaban J connectivity index is 2.06. The lowest BCUT2D eigenvalue weighted by molar-refractivity contribution is -0.116. The summed E-state index contributed by atoms with van der Waals surface area (Å²) in [6.07, 6.45) is 5.70. The summed E-state index contributed by atoms with van der Waals surface area (Å²) in [5.41, 5.74) is 1.63. The Morgan fingerprint density at radius 2 is 2.11 bits per heavy atom. The van der Waals surface area contributed by atoms with Gasteiger partial charge in [-0.15, -0.1) is 11.6 Å². The Hall–Kier alpha value is -1.81. The van der Waals surface area contributed by atoms with Crippen LogP contribution < -0.4 is 5.32 Å². The number of carbonyl (C=O) groups excluding carboxylic acids is 1. The molecule has 0 aliphatic carbocycles. The van der Waals surface area contributed by atoms with E-state index in [2.05, 4.69) is 10.4 Å². The molecule has 0 unspecified atom stereocenters. The molecule has 100 valence electrons. The first-order valence-electron chi connectivity index (χ1n) is 6.26. The third-order valence-corrected chi connectivity index (χ3v) is 2.98. The fourth-order valence-corrected chi connectivity index (χ4v) is 1.97. The van der Waals surface area contributed by atoms with Crippen molar-refractivity contribution in [1.82, 2.24) is 9.78 Å². The first kappa shape index (κ1) is 13.6. The Morgan fingerprint density at radius 1 is 1.26 bits per heavy atom. The molecule has 2 aromatic rings. The molecule has 19 heavy (non-hydrogen) atoms. The van der Waals surface area contributed by atoms with Gasteiger partial charge in [0.15, 0.2) is 0 Å². The van der Waals surface area contributed by atoms with Gasteiger partial charge in [-0.1, -0.05) is 12.1 Å². The first-order chi connectivity index (χ1) is 9.31. The largest absolute Gasteiger partial charge is 0.324 e. The van der Waals surface area contributed by atoms with Crippen molar-refractivity contribution in [2.45, 2.75) is 19.3 Å². The van der Waals surface area contributed by atoms with Gasteiger partial charge < -0.3 is 5.32 Å². The van der Waals surface area contributed by atoms with Gasteiger partial charge in [-0.05, 0) is 31.0 Å². The maximum atomic E-state index is 11.8. The number of alkyl halides is 1. The van der Waals surface area contributed by atoms with Gasteiger partial charge >= 0.3 is 0 Å². The molecule has 5 heteroatoms. The smallest absolute Gasteiger partial charge is 0.224 e. The Kier molecular flexibility index (Phi) is 4.98. The minimum Gasteiger partial charge on any atom is -0.324 e. The second-order valence-electron chi connectivity index (χ2n) is 4.16. The summed E-state index contributed by atoms with van der Waals surface area (Å²) < 4.78 is 1.73. The van der Waals surface area contributed by atoms with Crippen LogP contribution in [-0.4, -0.2) is 21.6 Å². The minimum atomic E-state index is 0.00437. The van der Waals surface area contributed by atoms with Crippen LogP contribution in [0, 0.1) is 0 Å². The van der Waals surface area contributed by atoms with E-state index in [1.807, 2.05) is 36.5 Å². The Bertz CT molecular complexity index is 525. The van der Waals surface area contributed by atoms with Crippen molar-refractivity contribution in [1.29, 1.82) is 0 Å². The van der Waals surface area contributed by atoms with Crippen molar-refractivity contribution in [3.63, 3.8) is 0 Å². The SMILES string of the molecule is O=C(CCCCCl)Nc1ccccc1-n1cccn1. The normalized spacial score (nSPS) is 10.4. The van der Waals surface area contributed by atoms with Gasteiger partial charge in [0, 0.05) is 24.7 Å². The third kappa shape index (κ3) is 3.83. The second kappa shape index (κ2) is 6.95. The van der Waals surface area contributed by atoms with Gasteiger partial charge in [-0.25, -0.2) is 4.68 Å². The van der Waals surface area contributed by atoms with Crippen LogP contribution in [-0.2, 0) is 4.79 Å². The maximum Gasteiger partial charge on any atom is 0.224 e. The molecule has 1 N–H and O–H groups in total. The lowest BCUT2D eigenvalue weighted by Crippen LogP contribution is -2.13. The molecule has 0 bridgehead atoms. The van der Waals surface area contributed by atoms with Gasteiger partial charge in [0.25, 0.3) is 0 Å². The number of nitrogens with zero attached hydrogens (tertiary/aromatic N) is 2. The summed E-state index contributed by atoms with van der Waals surface area (Å²) in [4.78, 5) is 11.8. The molecular formula is C14H16ClN3O. The first-order valence-corrected chi connectivity index (χ1v) is 6.79. The Morgan fingerprint density at radius 3 is 2.84 bits per heavy atom. The highest BCUT2D eigenvalue weighted by Gasteiger charge is 2.07. The Labute approximate surface area is 117 Å². The van der Waals surface area contributed by atoms with Crippen molar-refractivity contribution in [2.24, 2.45) is 0 Å². The molecule has 0 spiro atoms. The van der Waals surface area contributed by atoms with Crippen LogP contribution in [0.2, 0.25) is 0 Å². The predicted molar refractivity (Wildman–Crippen MR) is 76.8 cm³/mol. The van der Waals surface area contributed by atoms with E-state index in [1.165, 1.54) is 0 Å². The monoisotopic (exact) mass is 277 g/mol. The molecule has 0 aliphatic rings. The minimum absolute atomic E-state index is 0.00437. The van der Waals surface area contributed by atoms with Gasteiger partial charge in [0.05, 0.1) is 11.4 Å². The summed E-state index contributed by atoms with van der Waals surface area (Å²) in [5.74, 6) is 0.599. The number of hydrogen-bond donors (Lipinski definition) is 1. The summed E-state index contributed by atoms with van der Waals surface area (Å²) in [5, 5.41) is 7.09. The molecule has 0 saturated carbocycles. The number of anilines is 1. The number of nitrogens with one attached hydrogen (secondary N) is 1. The number of unbranched alkanes of at least 4 members (excludes halogenated alkanes) is 1. The van der Waals surface area contributed by atoms with Crippen LogP contribution in [0.1, 0.15) is 19.3 Å². The van der Waals surface area contributed by atoms with E-state index in [4.69, 9.17) is 11.6 Å². The van der Waals surface area contributed by atoms with Crippen LogP contribution in [0.4, 0.5) is 5.69 Å². The average molecular weight is 278 g/mol.